The minimum atomic E-state index is -0.381. The van der Waals surface area contributed by atoms with Crippen molar-refractivity contribution in [3.8, 4) is 17.2 Å². The smallest absolute Gasteiger partial charge is 0.338 e. The molecule has 0 saturated carbocycles. The summed E-state index contributed by atoms with van der Waals surface area (Å²) in [4.78, 5) is 28.3. The monoisotopic (exact) mass is 443 g/mol. The third-order valence-corrected chi connectivity index (χ3v) is 5.23. The number of nitrogens with zero attached hydrogens (tertiary/aromatic N) is 2. The molecule has 9 heteroatoms. The Hall–Kier alpha value is -3.62. The van der Waals surface area contributed by atoms with Crippen molar-refractivity contribution < 1.29 is 28.5 Å². The van der Waals surface area contributed by atoms with Gasteiger partial charge in [0, 0.05) is 49.7 Å². The minimum Gasteiger partial charge on any atom is -0.493 e. The van der Waals surface area contributed by atoms with Gasteiger partial charge < -0.3 is 34.1 Å². The topological polar surface area (TPSA) is 89.6 Å². The van der Waals surface area contributed by atoms with Crippen LogP contribution in [0.25, 0.3) is 0 Å². The number of nitrogens with one attached hydrogen (secondary N) is 1. The highest BCUT2D eigenvalue weighted by Crippen LogP contribution is 2.41. The molecule has 1 N–H and O–H groups in total. The average molecular weight is 444 g/mol. The predicted octanol–water partition coefficient (Wildman–Crippen LogP) is 3.24. The summed E-state index contributed by atoms with van der Waals surface area (Å²) in [5, 5.41) is 2.88. The number of carbonyl (C=O) groups excluding carboxylic acids is 2. The van der Waals surface area contributed by atoms with Gasteiger partial charge in [-0.15, -0.1) is 0 Å². The lowest BCUT2D eigenvalue weighted by Crippen LogP contribution is -2.50. The van der Waals surface area contributed by atoms with Crippen LogP contribution in [0, 0.1) is 0 Å². The van der Waals surface area contributed by atoms with Crippen LogP contribution >= 0.6 is 0 Å². The molecule has 32 heavy (non-hydrogen) atoms. The zero-order chi connectivity index (χ0) is 23.1. The molecule has 9 nitrogen and oxygen atoms in total. The van der Waals surface area contributed by atoms with Gasteiger partial charge in [0.25, 0.3) is 0 Å². The second-order valence-electron chi connectivity index (χ2n) is 7.09. The molecule has 1 saturated heterocycles. The van der Waals surface area contributed by atoms with Gasteiger partial charge >= 0.3 is 12.0 Å². The van der Waals surface area contributed by atoms with E-state index >= 15 is 0 Å². The highest BCUT2D eigenvalue weighted by atomic mass is 16.5. The summed E-state index contributed by atoms with van der Waals surface area (Å²) in [5.41, 5.74) is 2.01. The van der Waals surface area contributed by atoms with E-state index in [1.54, 1.807) is 57.4 Å². The quantitative estimate of drug-likeness (QED) is 0.657. The second kappa shape index (κ2) is 10.6. The third-order valence-electron chi connectivity index (χ3n) is 5.23. The Bertz CT molecular complexity index is 914. The zero-order valence-electron chi connectivity index (χ0n) is 18.8. The number of carbonyl (C=O) groups is 2. The van der Waals surface area contributed by atoms with E-state index in [0.717, 1.165) is 5.69 Å². The molecule has 0 radical (unpaired) electrons. The van der Waals surface area contributed by atoms with Gasteiger partial charge in [-0.2, -0.15) is 0 Å². The number of hydrogen-bond donors (Lipinski definition) is 1. The number of urea groups is 1. The van der Waals surface area contributed by atoms with Crippen molar-refractivity contribution >= 4 is 23.4 Å². The van der Waals surface area contributed by atoms with E-state index in [-0.39, 0.29) is 12.0 Å². The fraction of sp³-hybridized carbons (Fsp3) is 0.391. The summed E-state index contributed by atoms with van der Waals surface area (Å²) in [6.45, 7) is 4.52. The molecule has 2 aromatic rings. The van der Waals surface area contributed by atoms with Crippen LogP contribution in [0.5, 0.6) is 17.2 Å². The maximum absolute atomic E-state index is 12.7. The second-order valence-corrected chi connectivity index (χ2v) is 7.09. The van der Waals surface area contributed by atoms with E-state index in [1.807, 2.05) is 12.1 Å². The molecule has 1 aliphatic rings. The SMILES string of the molecule is CCOC(=O)c1ccc(NC(=O)N2CCN(c3cc(OC)c(OC)c(OC)c3)CC2)cc1. The first kappa shape index (κ1) is 23.1. The van der Waals surface area contributed by atoms with Crippen molar-refractivity contribution in [2.24, 2.45) is 0 Å². The van der Waals surface area contributed by atoms with Crippen molar-refractivity contribution in [1.29, 1.82) is 0 Å². The normalized spacial score (nSPS) is 13.4. The Morgan fingerprint density at radius 2 is 1.50 bits per heavy atom. The van der Waals surface area contributed by atoms with Crippen LogP contribution in [0.15, 0.2) is 36.4 Å². The van der Waals surface area contributed by atoms with Crippen LogP contribution in [0.2, 0.25) is 0 Å². The summed E-state index contributed by atoms with van der Waals surface area (Å²) < 4.78 is 21.2. The number of esters is 1. The zero-order valence-corrected chi connectivity index (χ0v) is 18.8. The highest BCUT2D eigenvalue weighted by molar-refractivity contribution is 5.92. The molecule has 0 aromatic heterocycles. The number of anilines is 2. The Morgan fingerprint density at radius 3 is 2.00 bits per heavy atom. The van der Waals surface area contributed by atoms with Crippen LogP contribution in [-0.2, 0) is 4.74 Å². The van der Waals surface area contributed by atoms with Crippen LogP contribution in [0.4, 0.5) is 16.2 Å². The Labute approximate surface area is 187 Å². The molecule has 0 atom stereocenters. The molecule has 0 aliphatic carbocycles. The van der Waals surface area contributed by atoms with Gasteiger partial charge in [0.1, 0.15) is 0 Å². The molecule has 0 bridgehead atoms. The summed E-state index contributed by atoms with van der Waals surface area (Å²) in [7, 11) is 4.74. The molecule has 0 unspecified atom stereocenters. The van der Waals surface area contributed by atoms with Crippen LogP contribution in [0.3, 0.4) is 0 Å². The van der Waals surface area contributed by atoms with E-state index in [9.17, 15) is 9.59 Å². The lowest BCUT2D eigenvalue weighted by atomic mass is 10.2. The fourth-order valence-electron chi connectivity index (χ4n) is 3.52. The van der Waals surface area contributed by atoms with Crippen LogP contribution in [0.1, 0.15) is 17.3 Å². The largest absolute Gasteiger partial charge is 0.493 e. The summed E-state index contributed by atoms with van der Waals surface area (Å²) in [6.07, 6.45) is 0. The number of rotatable bonds is 7. The molecule has 3 rings (SSSR count). The predicted molar refractivity (Wildman–Crippen MR) is 121 cm³/mol. The summed E-state index contributed by atoms with van der Waals surface area (Å²) in [5.74, 6) is 1.35. The van der Waals surface area contributed by atoms with Gasteiger partial charge in [-0.25, -0.2) is 9.59 Å². The molecule has 172 valence electrons. The van der Waals surface area contributed by atoms with E-state index in [2.05, 4.69) is 10.2 Å². The maximum Gasteiger partial charge on any atom is 0.338 e. The first-order chi connectivity index (χ1) is 15.5. The van der Waals surface area contributed by atoms with Crippen molar-refractivity contribution in [2.45, 2.75) is 6.92 Å². The van der Waals surface area contributed by atoms with Crippen molar-refractivity contribution in [3.05, 3.63) is 42.0 Å². The summed E-state index contributed by atoms with van der Waals surface area (Å²) >= 11 is 0. The maximum atomic E-state index is 12.7. The lowest BCUT2D eigenvalue weighted by Gasteiger charge is -2.36. The van der Waals surface area contributed by atoms with Crippen LogP contribution < -0.4 is 24.4 Å². The molecule has 0 spiro atoms. The first-order valence-corrected chi connectivity index (χ1v) is 10.4. The van der Waals surface area contributed by atoms with E-state index < -0.39 is 0 Å². The Kier molecular flexibility index (Phi) is 7.64. The number of piperazine rings is 1. The minimum absolute atomic E-state index is 0.182. The first-order valence-electron chi connectivity index (χ1n) is 10.4. The Morgan fingerprint density at radius 1 is 0.906 bits per heavy atom. The van der Waals surface area contributed by atoms with Crippen molar-refractivity contribution in [3.63, 3.8) is 0 Å². The average Bonchev–Trinajstić information content (AvgIpc) is 2.83. The number of methoxy groups -OCH3 is 3. The third kappa shape index (κ3) is 5.16. The lowest BCUT2D eigenvalue weighted by molar-refractivity contribution is 0.0526. The number of hydrogen-bond acceptors (Lipinski definition) is 7. The molecular weight excluding hydrogens is 414 g/mol. The standard InChI is InChI=1S/C23H29N3O6/c1-5-32-22(27)16-6-8-17(9-7-16)24-23(28)26-12-10-25(11-13-26)18-14-19(29-2)21(31-4)20(15-18)30-3/h6-9,14-15H,5,10-13H2,1-4H3,(H,24,28). The fourth-order valence-corrected chi connectivity index (χ4v) is 3.52. The van der Waals surface area contributed by atoms with E-state index in [0.29, 0.717) is 61.3 Å². The number of benzene rings is 2. The van der Waals surface area contributed by atoms with E-state index in [4.69, 9.17) is 18.9 Å². The highest BCUT2D eigenvalue weighted by Gasteiger charge is 2.23. The summed E-state index contributed by atoms with van der Waals surface area (Å²) in [6, 6.07) is 10.3. The Balaban J connectivity index is 1.60. The molecule has 2 amide bonds. The molecule has 2 aromatic carbocycles. The van der Waals surface area contributed by atoms with E-state index in [1.165, 1.54) is 0 Å². The van der Waals surface area contributed by atoms with Crippen LogP contribution in [-0.4, -0.2) is 71.0 Å². The van der Waals surface area contributed by atoms with Gasteiger partial charge in [-0.3, -0.25) is 0 Å². The number of ether oxygens (including phenoxy) is 4. The van der Waals surface area contributed by atoms with Gasteiger partial charge in [-0.1, -0.05) is 0 Å². The van der Waals surface area contributed by atoms with Crippen molar-refractivity contribution in [2.75, 3.05) is 64.3 Å². The molecule has 1 heterocycles. The molecular formula is C23H29N3O6. The van der Waals surface area contributed by atoms with Gasteiger partial charge in [0.05, 0.1) is 33.5 Å². The number of amides is 2. The molecule has 1 fully saturated rings. The van der Waals surface area contributed by atoms with Crippen molar-refractivity contribution in [1.82, 2.24) is 4.90 Å². The van der Waals surface area contributed by atoms with Gasteiger partial charge in [-0.05, 0) is 31.2 Å². The molecule has 1 aliphatic heterocycles. The van der Waals surface area contributed by atoms with Gasteiger partial charge in [0.2, 0.25) is 5.75 Å². The van der Waals surface area contributed by atoms with Gasteiger partial charge in [0.15, 0.2) is 11.5 Å².